The molecule has 1 aliphatic rings. The Morgan fingerprint density at radius 2 is 2.05 bits per heavy atom. The molecule has 3 rings (SSSR count). The summed E-state index contributed by atoms with van der Waals surface area (Å²) in [6, 6.07) is 7.45. The van der Waals surface area contributed by atoms with E-state index in [2.05, 4.69) is 15.9 Å². The summed E-state index contributed by atoms with van der Waals surface area (Å²) in [5.74, 6) is -0.372. The lowest BCUT2D eigenvalue weighted by Gasteiger charge is -2.15. The summed E-state index contributed by atoms with van der Waals surface area (Å²) in [5.41, 5.74) is 2.33. The van der Waals surface area contributed by atoms with Crippen LogP contribution >= 0.6 is 27.5 Å². The van der Waals surface area contributed by atoms with E-state index in [1.165, 1.54) is 12.1 Å². The SMILES string of the molecule is Fc1ccc(CC(Cl)c2cc(Br)cc3c2OCC3)c(F)c1. The highest BCUT2D eigenvalue weighted by Crippen LogP contribution is 2.40. The third-order valence-corrected chi connectivity index (χ3v) is 4.38. The molecule has 1 unspecified atom stereocenters. The number of hydrogen-bond acceptors (Lipinski definition) is 1. The van der Waals surface area contributed by atoms with Crippen LogP contribution in [0.2, 0.25) is 0 Å². The van der Waals surface area contributed by atoms with E-state index in [0.29, 0.717) is 12.2 Å². The summed E-state index contributed by atoms with van der Waals surface area (Å²) in [5, 5.41) is -0.436. The van der Waals surface area contributed by atoms with Crippen LogP contribution in [0.4, 0.5) is 8.78 Å². The topological polar surface area (TPSA) is 9.23 Å². The number of halogens is 4. The second kappa shape index (κ2) is 5.93. The molecule has 2 aromatic carbocycles. The molecule has 21 heavy (non-hydrogen) atoms. The van der Waals surface area contributed by atoms with Crippen LogP contribution in [0, 0.1) is 11.6 Å². The third-order valence-electron chi connectivity index (χ3n) is 3.53. The zero-order chi connectivity index (χ0) is 15.0. The highest BCUT2D eigenvalue weighted by atomic mass is 79.9. The predicted molar refractivity (Wildman–Crippen MR) is 82.0 cm³/mol. The first-order valence-electron chi connectivity index (χ1n) is 6.57. The second-order valence-corrected chi connectivity index (χ2v) is 6.43. The summed E-state index contributed by atoms with van der Waals surface area (Å²) < 4.78 is 33.2. The quantitative estimate of drug-likeness (QED) is 0.673. The first-order valence-corrected chi connectivity index (χ1v) is 7.80. The molecule has 1 aliphatic heterocycles. The highest BCUT2D eigenvalue weighted by molar-refractivity contribution is 9.10. The van der Waals surface area contributed by atoms with E-state index in [4.69, 9.17) is 16.3 Å². The fourth-order valence-electron chi connectivity index (χ4n) is 2.52. The number of fused-ring (bicyclic) bond motifs is 1. The maximum atomic E-state index is 13.7. The summed E-state index contributed by atoms with van der Waals surface area (Å²) in [6.07, 6.45) is 1.12. The number of rotatable bonds is 3. The van der Waals surface area contributed by atoms with Gasteiger partial charge in [-0.1, -0.05) is 22.0 Å². The molecule has 0 fully saturated rings. The predicted octanol–water partition coefficient (Wildman–Crippen LogP) is 5.18. The van der Waals surface area contributed by atoms with E-state index < -0.39 is 17.0 Å². The fraction of sp³-hybridized carbons (Fsp3) is 0.250. The zero-order valence-corrected chi connectivity index (χ0v) is 13.3. The lowest BCUT2D eigenvalue weighted by molar-refractivity contribution is 0.353. The lowest BCUT2D eigenvalue weighted by Crippen LogP contribution is -2.01. The van der Waals surface area contributed by atoms with E-state index in [1.54, 1.807) is 0 Å². The van der Waals surface area contributed by atoms with Crippen molar-refractivity contribution >= 4 is 27.5 Å². The Balaban J connectivity index is 1.91. The largest absolute Gasteiger partial charge is 0.493 e. The van der Waals surface area contributed by atoms with Crippen molar-refractivity contribution in [1.29, 1.82) is 0 Å². The van der Waals surface area contributed by atoms with Gasteiger partial charge in [0.2, 0.25) is 0 Å². The lowest BCUT2D eigenvalue weighted by atomic mass is 10.00. The second-order valence-electron chi connectivity index (χ2n) is 4.99. The van der Waals surface area contributed by atoms with Crippen molar-refractivity contribution in [3.63, 3.8) is 0 Å². The molecule has 0 amide bonds. The van der Waals surface area contributed by atoms with Crippen molar-refractivity contribution in [2.24, 2.45) is 0 Å². The Morgan fingerprint density at radius 3 is 2.81 bits per heavy atom. The summed E-state index contributed by atoms with van der Waals surface area (Å²) in [6.45, 7) is 0.632. The Bertz CT molecular complexity index is 690. The Labute approximate surface area is 135 Å². The molecule has 5 heteroatoms. The molecule has 1 atom stereocenters. The van der Waals surface area contributed by atoms with E-state index in [0.717, 1.165) is 33.8 Å². The minimum absolute atomic E-state index is 0.278. The minimum Gasteiger partial charge on any atom is -0.493 e. The van der Waals surface area contributed by atoms with Gasteiger partial charge in [-0.05, 0) is 35.7 Å². The van der Waals surface area contributed by atoms with Crippen molar-refractivity contribution in [3.05, 3.63) is 63.1 Å². The molecule has 0 aromatic heterocycles. The average Bonchev–Trinajstić information content (AvgIpc) is 2.88. The minimum atomic E-state index is -0.589. The van der Waals surface area contributed by atoms with Crippen LogP contribution in [0.15, 0.2) is 34.8 Å². The molecule has 1 heterocycles. The van der Waals surface area contributed by atoms with Gasteiger partial charge >= 0.3 is 0 Å². The summed E-state index contributed by atoms with van der Waals surface area (Å²) in [7, 11) is 0. The van der Waals surface area contributed by atoms with E-state index in [1.807, 2.05) is 12.1 Å². The van der Waals surface area contributed by atoms with Crippen LogP contribution in [-0.4, -0.2) is 6.61 Å². The standard InChI is InChI=1S/C16H12BrClF2O/c17-11-5-10-3-4-21-16(10)13(7-11)14(18)6-9-1-2-12(19)8-15(9)20/h1-2,5,7-8,14H,3-4,6H2. The Kier molecular flexibility index (Phi) is 4.18. The van der Waals surface area contributed by atoms with Crippen LogP contribution in [-0.2, 0) is 12.8 Å². The van der Waals surface area contributed by atoms with Crippen molar-refractivity contribution in [2.45, 2.75) is 18.2 Å². The molecule has 2 aromatic rings. The molecule has 0 saturated heterocycles. The van der Waals surface area contributed by atoms with Crippen LogP contribution in [0.5, 0.6) is 5.75 Å². The van der Waals surface area contributed by atoms with E-state index in [9.17, 15) is 8.78 Å². The van der Waals surface area contributed by atoms with Gasteiger partial charge in [-0.3, -0.25) is 0 Å². The van der Waals surface area contributed by atoms with Gasteiger partial charge in [0.25, 0.3) is 0 Å². The number of alkyl halides is 1. The van der Waals surface area contributed by atoms with Crippen LogP contribution in [0.3, 0.4) is 0 Å². The van der Waals surface area contributed by atoms with Crippen LogP contribution in [0.25, 0.3) is 0 Å². The molecule has 110 valence electrons. The molecule has 0 radical (unpaired) electrons. The molecule has 0 spiro atoms. The van der Waals surface area contributed by atoms with Crippen LogP contribution < -0.4 is 4.74 Å². The van der Waals surface area contributed by atoms with Crippen molar-refractivity contribution in [1.82, 2.24) is 0 Å². The maximum Gasteiger partial charge on any atom is 0.129 e. The van der Waals surface area contributed by atoms with Crippen molar-refractivity contribution < 1.29 is 13.5 Å². The maximum absolute atomic E-state index is 13.7. The molecule has 1 nitrogen and oxygen atoms in total. The zero-order valence-electron chi connectivity index (χ0n) is 11.0. The van der Waals surface area contributed by atoms with Gasteiger partial charge in [-0.2, -0.15) is 0 Å². The molecule has 0 saturated carbocycles. The number of ether oxygens (including phenoxy) is 1. The van der Waals surface area contributed by atoms with Gasteiger partial charge < -0.3 is 4.74 Å². The fourth-order valence-corrected chi connectivity index (χ4v) is 3.37. The van der Waals surface area contributed by atoms with E-state index >= 15 is 0 Å². The monoisotopic (exact) mass is 372 g/mol. The average molecular weight is 374 g/mol. The van der Waals surface area contributed by atoms with E-state index in [-0.39, 0.29) is 6.42 Å². The molecule has 0 N–H and O–H groups in total. The number of hydrogen-bond donors (Lipinski definition) is 0. The smallest absolute Gasteiger partial charge is 0.129 e. The Morgan fingerprint density at radius 1 is 1.24 bits per heavy atom. The van der Waals surface area contributed by atoms with Gasteiger partial charge in [0.1, 0.15) is 17.4 Å². The van der Waals surface area contributed by atoms with Gasteiger partial charge in [-0.15, -0.1) is 11.6 Å². The highest BCUT2D eigenvalue weighted by Gasteiger charge is 2.23. The van der Waals surface area contributed by atoms with Gasteiger partial charge in [0.05, 0.1) is 12.0 Å². The molecule has 0 aliphatic carbocycles. The van der Waals surface area contributed by atoms with Crippen molar-refractivity contribution in [3.8, 4) is 5.75 Å². The molecular formula is C16H12BrClF2O. The third kappa shape index (κ3) is 3.06. The first kappa shape index (κ1) is 14.8. The van der Waals surface area contributed by atoms with Crippen LogP contribution in [0.1, 0.15) is 22.1 Å². The van der Waals surface area contributed by atoms with Gasteiger partial charge in [-0.25, -0.2) is 8.78 Å². The molecule has 0 bridgehead atoms. The van der Waals surface area contributed by atoms with Gasteiger partial charge in [0, 0.05) is 22.5 Å². The number of benzene rings is 2. The van der Waals surface area contributed by atoms with Gasteiger partial charge in [0.15, 0.2) is 0 Å². The van der Waals surface area contributed by atoms with Crippen molar-refractivity contribution in [2.75, 3.05) is 6.61 Å². The molecular weight excluding hydrogens is 362 g/mol. The summed E-state index contributed by atoms with van der Waals surface area (Å²) in [4.78, 5) is 0. The normalized spacial score (nSPS) is 14.7. The summed E-state index contributed by atoms with van der Waals surface area (Å²) >= 11 is 9.90. The first-order chi connectivity index (χ1) is 10.0. The Hall–Kier alpha value is -1.13.